The van der Waals surface area contributed by atoms with Gasteiger partial charge in [-0.15, -0.1) is 0 Å². The van der Waals surface area contributed by atoms with E-state index >= 15 is 0 Å². The standard InChI is InChI=1S/C27H20BrN5O4/c1-2-36-26(35)18-8-11-20(12-9-18)37-21-13-10-19(23(28)14-21)16-30-33-27-31-24(17-6-4-3-5-7-17)22(15-29)25(34)32-27/h3-14,16H,2H2,1H3,(H2,31,32,33,34). The minimum Gasteiger partial charge on any atom is -0.462 e. The quantitative estimate of drug-likeness (QED) is 0.166. The summed E-state index contributed by atoms with van der Waals surface area (Å²) in [4.78, 5) is 31.0. The highest BCUT2D eigenvalue weighted by Gasteiger charge is 2.13. The Balaban J connectivity index is 1.46. The molecule has 0 aliphatic rings. The lowest BCUT2D eigenvalue weighted by Crippen LogP contribution is -2.16. The summed E-state index contributed by atoms with van der Waals surface area (Å²) in [7, 11) is 0. The molecule has 0 bridgehead atoms. The SMILES string of the molecule is CCOC(=O)c1ccc(Oc2ccc(C=NNc3nc(-c4ccccc4)c(C#N)c(=O)[nH]3)c(Br)c2)cc1. The maximum absolute atomic E-state index is 12.4. The van der Waals surface area contributed by atoms with Crippen LogP contribution < -0.4 is 15.7 Å². The van der Waals surface area contributed by atoms with E-state index in [9.17, 15) is 14.9 Å². The Morgan fingerprint density at radius 2 is 1.86 bits per heavy atom. The molecule has 0 unspecified atom stereocenters. The van der Waals surface area contributed by atoms with Gasteiger partial charge in [-0.3, -0.25) is 9.78 Å². The van der Waals surface area contributed by atoms with E-state index in [1.165, 1.54) is 0 Å². The minimum atomic E-state index is -0.563. The lowest BCUT2D eigenvalue weighted by molar-refractivity contribution is 0.0526. The fourth-order valence-electron chi connectivity index (χ4n) is 3.28. The van der Waals surface area contributed by atoms with E-state index in [-0.39, 0.29) is 23.2 Å². The van der Waals surface area contributed by atoms with Gasteiger partial charge in [-0.1, -0.05) is 30.3 Å². The predicted molar refractivity (Wildman–Crippen MR) is 143 cm³/mol. The number of carbonyl (C=O) groups excluding carboxylic acids is 1. The molecule has 0 aliphatic carbocycles. The molecule has 4 aromatic rings. The van der Waals surface area contributed by atoms with E-state index in [2.05, 4.69) is 36.4 Å². The number of aromatic amines is 1. The number of hydrogen-bond donors (Lipinski definition) is 2. The van der Waals surface area contributed by atoms with Gasteiger partial charge in [0.05, 0.1) is 24.1 Å². The van der Waals surface area contributed by atoms with Crippen molar-refractivity contribution >= 4 is 34.1 Å². The van der Waals surface area contributed by atoms with Gasteiger partial charge in [-0.25, -0.2) is 15.2 Å². The molecule has 0 saturated carbocycles. The molecular weight excluding hydrogens is 538 g/mol. The number of hydrogen-bond acceptors (Lipinski definition) is 8. The second kappa shape index (κ2) is 11.8. The van der Waals surface area contributed by atoms with Crippen molar-refractivity contribution in [3.8, 4) is 28.8 Å². The third-order valence-electron chi connectivity index (χ3n) is 5.03. The van der Waals surface area contributed by atoms with Crippen LogP contribution >= 0.6 is 15.9 Å². The van der Waals surface area contributed by atoms with Gasteiger partial charge in [-0.2, -0.15) is 10.4 Å². The Bertz CT molecular complexity index is 1540. The number of esters is 1. The molecule has 0 fully saturated rings. The van der Waals surface area contributed by atoms with Crippen molar-refractivity contribution in [2.24, 2.45) is 5.10 Å². The van der Waals surface area contributed by atoms with Crippen LogP contribution in [0.15, 0.2) is 87.2 Å². The maximum Gasteiger partial charge on any atom is 0.338 e. The molecule has 0 saturated heterocycles. The number of aromatic nitrogens is 2. The monoisotopic (exact) mass is 557 g/mol. The Kier molecular flexibility index (Phi) is 8.08. The lowest BCUT2D eigenvalue weighted by Gasteiger charge is -2.08. The molecule has 1 heterocycles. The number of hydrazone groups is 1. The number of nitrogens with zero attached hydrogens (tertiary/aromatic N) is 3. The number of halogens is 1. The first-order chi connectivity index (χ1) is 18.0. The number of H-pyrrole nitrogens is 1. The number of benzene rings is 3. The molecule has 1 aromatic heterocycles. The van der Waals surface area contributed by atoms with E-state index in [1.807, 2.05) is 12.1 Å². The molecule has 0 radical (unpaired) electrons. The zero-order valence-corrected chi connectivity index (χ0v) is 21.2. The van der Waals surface area contributed by atoms with Crippen LogP contribution in [0.5, 0.6) is 11.5 Å². The van der Waals surface area contributed by atoms with Crippen LogP contribution in [-0.4, -0.2) is 28.8 Å². The highest BCUT2D eigenvalue weighted by atomic mass is 79.9. The van der Waals surface area contributed by atoms with Crippen LogP contribution in [0, 0.1) is 11.3 Å². The normalized spacial score (nSPS) is 10.6. The van der Waals surface area contributed by atoms with E-state index in [0.29, 0.717) is 33.7 Å². The van der Waals surface area contributed by atoms with Crippen molar-refractivity contribution in [3.05, 3.63) is 104 Å². The summed E-state index contributed by atoms with van der Waals surface area (Å²) in [6.45, 7) is 2.07. The van der Waals surface area contributed by atoms with Crippen molar-refractivity contribution < 1.29 is 14.3 Å². The highest BCUT2D eigenvalue weighted by Crippen LogP contribution is 2.27. The Morgan fingerprint density at radius 3 is 2.54 bits per heavy atom. The van der Waals surface area contributed by atoms with Crippen molar-refractivity contribution in [3.63, 3.8) is 0 Å². The van der Waals surface area contributed by atoms with Crippen molar-refractivity contribution in [2.75, 3.05) is 12.0 Å². The predicted octanol–water partition coefficient (Wildman–Crippen LogP) is 5.49. The zero-order chi connectivity index (χ0) is 26.2. The zero-order valence-electron chi connectivity index (χ0n) is 19.6. The number of nitriles is 1. The second-order valence-corrected chi connectivity index (χ2v) is 8.37. The van der Waals surface area contributed by atoms with Crippen LogP contribution in [-0.2, 0) is 4.74 Å². The molecule has 0 atom stereocenters. The molecule has 0 spiro atoms. The van der Waals surface area contributed by atoms with Crippen molar-refractivity contribution in [1.82, 2.24) is 9.97 Å². The molecule has 37 heavy (non-hydrogen) atoms. The highest BCUT2D eigenvalue weighted by molar-refractivity contribution is 9.10. The van der Waals surface area contributed by atoms with Gasteiger partial charge in [0.25, 0.3) is 5.56 Å². The Labute approximate surface area is 220 Å². The third-order valence-corrected chi connectivity index (χ3v) is 5.71. The summed E-state index contributed by atoms with van der Waals surface area (Å²) in [5, 5.41) is 13.5. The number of rotatable bonds is 8. The van der Waals surface area contributed by atoms with Crippen molar-refractivity contribution in [2.45, 2.75) is 6.92 Å². The van der Waals surface area contributed by atoms with Crippen LogP contribution in [0.1, 0.15) is 28.4 Å². The van der Waals surface area contributed by atoms with Gasteiger partial charge in [0.2, 0.25) is 5.95 Å². The second-order valence-electron chi connectivity index (χ2n) is 7.52. The van der Waals surface area contributed by atoms with Crippen LogP contribution in [0.4, 0.5) is 5.95 Å². The fraction of sp³-hybridized carbons (Fsp3) is 0.0741. The molecule has 10 heteroatoms. The topological polar surface area (TPSA) is 129 Å². The summed E-state index contributed by atoms with van der Waals surface area (Å²) in [6, 6.07) is 22.9. The lowest BCUT2D eigenvalue weighted by atomic mass is 10.1. The molecule has 3 aromatic carbocycles. The average Bonchev–Trinajstić information content (AvgIpc) is 2.90. The summed E-state index contributed by atoms with van der Waals surface area (Å²) in [5.74, 6) is 0.853. The molecule has 4 rings (SSSR count). The molecule has 0 aliphatic heterocycles. The minimum absolute atomic E-state index is 0.0744. The summed E-state index contributed by atoms with van der Waals surface area (Å²) in [6.07, 6.45) is 1.54. The van der Waals surface area contributed by atoms with Gasteiger partial charge in [0.1, 0.15) is 23.1 Å². The number of nitrogens with one attached hydrogen (secondary N) is 2. The van der Waals surface area contributed by atoms with E-state index in [0.717, 1.165) is 5.56 Å². The third kappa shape index (κ3) is 6.28. The number of carbonyl (C=O) groups is 1. The molecule has 184 valence electrons. The Morgan fingerprint density at radius 1 is 1.14 bits per heavy atom. The van der Waals surface area contributed by atoms with E-state index in [4.69, 9.17) is 9.47 Å². The summed E-state index contributed by atoms with van der Waals surface area (Å²) < 4.78 is 11.5. The first-order valence-electron chi connectivity index (χ1n) is 11.1. The first-order valence-corrected chi connectivity index (χ1v) is 11.9. The molecule has 2 N–H and O–H groups in total. The van der Waals surface area contributed by atoms with Crippen molar-refractivity contribution in [1.29, 1.82) is 5.26 Å². The fourth-order valence-corrected chi connectivity index (χ4v) is 3.74. The van der Waals surface area contributed by atoms with Crippen LogP contribution in [0.2, 0.25) is 0 Å². The van der Waals surface area contributed by atoms with Gasteiger partial charge in [0.15, 0.2) is 0 Å². The molecule has 0 amide bonds. The number of anilines is 1. The van der Waals surface area contributed by atoms with Gasteiger partial charge in [-0.05, 0) is 65.3 Å². The van der Waals surface area contributed by atoms with Gasteiger partial charge >= 0.3 is 5.97 Å². The molecule has 9 nitrogen and oxygen atoms in total. The smallest absolute Gasteiger partial charge is 0.338 e. The Hall–Kier alpha value is -4.75. The largest absolute Gasteiger partial charge is 0.462 e. The van der Waals surface area contributed by atoms with Crippen LogP contribution in [0.25, 0.3) is 11.3 Å². The average molecular weight is 558 g/mol. The van der Waals surface area contributed by atoms with E-state index in [1.54, 1.807) is 79.9 Å². The number of ether oxygens (including phenoxy) is 2. The van der Waals surface area contributed by atoms with Gasteiger partial charge < -0.3 is 9.47 Å². The maximum atomic E-state index is 12.4. The van der Waals surface area contributed by atoms with Gasteiger partial charge in [0, 0.05) is 15.6 Å². The first kappa shape index (κ1) is 25.3. The van der Waals surface area contributed by atoms with E-state index < -0.39 is 5.56 Å². The van der Waals surface area contributed by atoms with Crippen LogP contribution in [0.3, 0.4) is 0 Å². The summed E-state index contributed by atoms with van der Waals surface area (Å²) >= 11 is 3.50. The summed E-state index contributed by atoms with van der Waals surface area (Å²) in [5.41, 5.74) is 4.16. The molecular formula is C27H20BrN5O4.